The molecule has 3 heteroatoms. The molecule has 0 radical (unpaired) electrons. The Bertz CT molecular complexity index is 23.6. The molecule has 0 aliphatic heterocycles. The molecular formula is C2H7FOSi. The van der Waals surface area contributed by atoms with Gasteiger partial charge in [-0.15, -0.1) is 0 Å². The second kappa shape index (κ2) is 2.35. The number of rotatable bonds is 1. The number of halogens is 1. The largest absolute Gasteiger partial charge is 0.196 e. The SMILES string of the molecule is CC([SiH3])OF. The van der Waals surface area contributed by atoms with Crippen molar-refractivity contribution in [3.63, 3.8) is 0 Å². The molecule has 0 saturated heterocycles. The molecule has 0 aliphatic carbocycles. The molecule has 0 bridgehead atoms. The van der Waals surface area contributed by atoms with E-state index < -0.39 is 0 Å². The lowest BCUT2D eigenvalue weighted by Crippen LogP contribution is -1.97. The molecule has 0 spiro atoms. The van der Waals surface area contributed by atoms with Crippen LogP contribution in [0.15, 0.2) is 0 Å². The first kappa shape index (κ1) is 5.11. The zero-order valence-electron chi connectivity index (χ0n) is 3.36. The zero-order chi connectivity index (χ0) is 4.28. The topological polar surface area (TPSA) is 9.23 Å². The van der Waals surface area contributed by atoms with E-state index in [1.807, 2.05) is 0 Å². The van der Waals surface area contributed by atoms with Gasteiger partial charge in [0.15, 0.2) is 0 Å². The minimum atomic E-state index is -0.144. The summed E-state index contributed by atoms with van der Waals surface area (Å²) in [6, 6.07) is 0. The fourth-order valence-electron chi connectivity index (χ4n) is 0. The second-order valence-electron chi connectivity index (χ2n) is 1.14. The summed E-state index contributed by atoms with van der Waals surface area (Å²) in [4.78, 5) is 3.31. The van der Waals surface area contributed by atoms with Crippen LogP contribution < -0.4 is 0 Å². The van der Waals surface area contributed by atoms with Crippen molar-refractivity contribution in [3.05, 3.63) is 0 Å². The molecule has 1 atom stereocenters. The van der Waals surface area contributed by atoms with Crippen molar-refractivity contribution in [1.29, 1.82) is 0 Å². The smallest absolute Gasteiger partial charge is 0.0756 e. The van der Waals surface area contributed by atoms with Crippen LogP contribution >= 0.6 is 0 Å². The summed E-state index contributed by atoms with van der Waals surface area (Å²) in [7, 11) is 0.772. The van der Waals surface area contributed by atoms with E-state index >= 15 is 0 Å². The van der Waals surface area contributed by atoms with Crippen LogP contribution in [0.25, 0.3) is 0 Å². The third kappa shape index (κ3) is 4.11. The Morgan fingerprint density at radius 2 is 2.20 bits per heavy atom. The third-order valence-corrected chi connectivity index (χ3v) is 0.356. The van der Waals surface area contributed by atoms with Gasteiger partial charge in [0.25, 0.3) is 0 Å². The van der Waals surface area contributed by atoms with Gasteiger partial charge >= 0.3 is 0 Å². The van der Waals surface area contributed by atoms with Crippen molar-refractivity contribution < 1.29 is 9.47 Å². The van der Waals surface area contributed by atoms with Crippen molar-refractivity contribution in [3.8, 4) is 0 Å². The Balaban J connectivity index is 2.54. The highest BCUT2D eigenvalue weighted by Gasteiger charge is 1.84. The van der Waals surface area contributed by atoms with Gasteiger partial charge in [-0.05, 0) is 11.4 Å². The minimum Gasteiger partial charge on any atom is -0.196 e. The van der Waals surface area contributed by atoms with E-state index in [0.29, 0.717) is 0 Å². The Morgan fingerprint density at radius 1 is 2.00 bits per heavy atom. The summed E-state index contributed by atoms with van der Waals surface area (Å²) in [6.07, 6.45) is 0. The average molecular weight is 94.2 g/mol. The summed E-state index contributed by atoms with van der Waals surface area (Å²) in [5.74, 6) is 0. The third-order valence-electron chi connectivity index (χ3n) is 0.178. The highest BCUT2D eigenvalue weighted by Crippen LogP contribution is 1.78. The highest BCUT2D eigenvalue weighted by molar-refractivity contribution is 6.10. The van der Waals surface area contributed by atoms with Crippen LogP contribution in [0.4, 0.5) is 4.53 Å². The molecule has 0 aromatic rings. The molecule has 1 nitrogen and oxygen atoms in total. The van der Waals surface area contributed by atoms with Crippen molar-refractivity contribution in [2.45, 2.75) is 12.7 Å². The molecule has 0 aliphatic rings. The molecule has 0 aromatic carbocycles. The van der Waals surface area contributed by atoms with Crippen LogP contribution in [0, 0.1) is 0 Å². The summed E-state index contributed by atoms with van der Waals surface area (Å²) >= 11 is 0. The minimum absolute atomic E-state index is 0.144. The van der Waals surface area contributed by atoms with Crippen LogP contribution in [-0.4, -0.2) is 16.0 Å². The lowest BCUT2D eigenvalue weighted by Gasteiger charge is -1.87. The maximum atomic E-state index is 10.7. The lowest BCUT2D eigenvalue weighted by atomic mass is 10.9. The van der Waals surface area contributed by atoms with Crippen molar-refractivity contribution in [1.82, 2.24) is 0 Å². The van der Waals surface area contributed by atoms with Crippen LogP contribution in [-0.2, 0) is 4.94 Å². The van der Waals surface area contributed by atoms with Gasteiger partial charge in [0.05, 0.1) is 5.73 Å². The summed E-state index contributed by atoms with van der Waals surface area (Å²) in [6.45, 7) is 1.69. The van der Waals surface area contributed by atoms with Gasteiger partial charge in [0.1, 0.15) is 0 Å². The Morgan fingerprint density at radius 3 is 2.20 bits per heavy atom. The molecule has 0 amide bonds. The van der Waals surface area contributed by atoms with Gasteiger partial charge in [-0.2, -0.15) is 4.94 Å². The first-order chi connectivity index (χ1) is 2.27. The van der Waals surface area contributed by atoms with E-state index in [0.717, 1.165) is 10.2 Å². The fourth-order valence-corrected chi connectivity index (χ4v) is 0. The second-order valence-corrected chi connectivity index (χ2v) is 2.76. The molecule has 32 valence electrons. The van der Waals surface area contributed by atoms with Crippen molar-refractivity contribution in [2.75, 3.05) is 0 Å². The summed E-state index contributed by atoms with van der Waals surface area (Å²) in [5.41, 5.74) is -0.144. The van der Waals surface area contributed by atoms with Gasteiger partial charge in [0, 0.05) is 10.2 Å². The number of hydrogen-bond acceptors (Lipinski definition) is 1. The van der Waals surface area contributed by atoms with Crippen LogP contribution in [0.3, 0.4) is 0 Å². The van der Waals surface area contributed by atoms with E-state index in [1.165, 1.54) is 0 Å². The zero-order valence-corrected chi connectivity index (χ0v) is 5.36. The Hall–Kier alpha value is 0.107. The molecule has 0 fully saturated rings. The molecule has 0 aromatic heterocycles. The van der Waals surface area contributed by atoms with Gasteiger partial charge in [-0.25, -0.2) is 0 Å². The van der Waals surface area contributed by atoms with Crippen LogP contribution in [0.2, 0.25) is 0 Å². The average Bonchev–Trinajstić information content (AvgIpc) is 1.38. The van der Waals surface area contributed by atoms with Crippen molar-refractivity contribution in [2.24, 2.45) is 0 Å². The van der Waals surface area contributed by atoms with E-state index in [1.54, 1.807) is 6.92 Å². The monoisotopic (exact) mass is 94.0 g/mol. The maximum absolute atomic E-state index is 10.7. The molecule has 0 rings (SSSR count). The molecule has 0 N–H and O–H groups in total. The molecule has 1 unspecified atom stereocenters. The predicted octanol–water partition coefficient (Wildman–Crippen LogP) is -0.401. The highest BCUT2D eigenvalue weighted by atomic mass is 28.1. The van der Waals surface area contributed by atoms with Gasteiger partial charge in [0.2, 0.25) is 0 Å². The Labute approximate surface area is 33.5 Å². The first-order valence-corrected chi connectivity index (χ1v) is 2.70. The first-order valence-electron chi connectivity index (χ1n) is 1.54. The lowest BCUT2D eigenvalue weighted by molar-refractivity contribution is -0.143. The van der Waals surface area contributed by atoms with Gasteiger partial charge in [-0.1, -0.05) is 0 Å². The van der Waals surface area contributed by atoms with E-state index in [9.17, 15) is 4.53 Å². The van der Waals surface area contributed by atoms with Crippen molar-refractivity contribution >= 4 is 10.2 Å². The summed E-state index contributed by atoms with van der Waals surface area (Å²) < 4.78 is 10.7. The normalized spacial score (nSPS) is 15.6. The van der Waals surface area contributed by atoms with Crippen LogP contribution in [0.1, 0.15) is 6.92 Å². The molecule has 0 saturated carbocycles. The van der Waals surface area contributed by atoms with Gasteiger partial charge < -0.3 is 0 Å². The quantitative estimate of drug-likeness (QED) is 0.402. The fraction of sp³-hybridized carbons (Fsp3) is 1.00. The van der Waals surface area contributed by atoms with E-state index in [4.69, 9.17) is 0 Å². The standard InChI is InChI=1S/C2H7FOSi/c1-2(5)4-3/h2H,1,5H3. The maximum Gasteiger partial charge on any atom is 0.0756 e. The van der Waals surface area contributed by atoms with E-state index in [2.05, 4.69) is 4.94 Å². The predicted molar refractivity (Wildman–Crippen MR) is 21.6 cm³/mol. The molecular weight excluding hydrogens is 87.1 g/mol. The van der Waals surface area contributed by atoms with E-state index in [-0.39, 0.29) is 5.73 Å². The molecule has 0 heterocycles. The van der Waals surface area contributed by atoms with Gasteiger partial charge in [-0.3, -0.25) is 0 Å². The summed E-state index contributed by atoms with van der Waals surface area (Å²) in [5, 5.41) is 0. The number of hydrogen-bond donors (Lipinski definition) is 0. The molecule has 5 heavy (non-hydrogen) atoms. The Kier molecular flexibility index (Phi) is 2.40. The van der Waals surface area contributed by atoms with Crippen LogP contribution in [0.5, 0.6) is 0 Å².